The number of aromatic amines is 1. The zero-order valence-corrected chi connectivity index (χ0v) is 18.1. The molecule has 1 N–H and O–H groups in total. The van der Waals surface area contributed by atoms with Crippen LogP contribution in [0.5, 0.6) is 0 Å². The summed E-state index contributed by atoms with van der Waals surface area (Å²) < 4.78 is 40.3. The van der Waals surface area contributed by atoms with E-state index in [1.165, 1.54) is 12.1 Å². The maximum Gasteiger partial charge on any atom is 0.416 e. The Bertz CT molecular complexity index is 887. The third kappa shape index (κ3) is 6.26. The van der Waals surface area contributed by atoms with Gasteiger partial charge < -0.3 is 9.88 Å². The molecule has 0 spiro atoms. The maximum atomic E-state index is 12.9. The average Bonchev–Trinajstić information content (AvgIpc) is 2.97. The highest BCUT2D eigenvalue weighted by atomic mass is 19.4. The highest BCUT2D eigenvalue weighted by Crippen LogP contribution is 2.31. The Morgan fingerprint density at radius 2 is 1.67 bits per heavy atom. The Balaban J connectivity index is 0.000000735. The number of nitrogens with one attached hydrogen (secondary N) is 1. The molecular formula is C22H31F3N4O. The molecule has 0 atom stereocenters. The number of alkyl halides is 3. The summed E-state index contributed by atoms with van der Waals surface area (Å²) in [5.74, 6) is 0. The number of hydrogen-bond acceptors (Lipinski definition) is 3. The van der Waals surface area contributed by atoms with Crippen molar-refractivity contribution >= 4 is 5.69 Å². The molecule has 0 saturated carbocycles. The normalized spacial score (nSPS) is 15.4. The van der Waals surface area contributed by atoms with Gasteiger partial charge in [-0.05, 0) is 45.9 Å². The van der Waals surface area contributed by atoms with E-state index in [0.29, 0.717) is 25.3 Å². The van der Waals surface area contributed by atoms with Crippen LogP contribution in [0.1, 0.15) is 30.8 Å². The second-order valence-electron chi connectivity index (χ2n) is 7.34. The Kier molecular flexibility index (Phi) is 8.34. The molecule has 3 rings (SSSR count). The summed E-state index contributed by atoms with van der Waals surface area (Å²) in [5.41, 5.74) is 1.72. The molecule has 30 heavy (non-hydrogen) atoms. The van der Waals surface area contributed by atoms with E-state index in [9.17, 15) is 18.0 Å². The SMILES string of the molecule is C/C=C\C.Cc1[nH]c(=O)n(CCN2CCN(c3cccc(C(F)(F)F)c3)CC2)c1C. The fraction of sp³-hybridized carbons (Fsp3) is 0.500. The van der Waals surface area contributed by atoms with E-state index >= 15 is 0 Å². The quantitative estimate of drug-likeness (QED) is 0.748. The Morgan fingerprint density at radius 1 is 1.03 bits per heavy atom. The van der Waals surface area contributed by atoms with Crippen LogP contribution in [-0.4, -0.2) is 47.2 Å². The standard InChI is InChI=1S/C18H23F3N4O.C4H8/c1-13-14(2)25(17(26)22-13)11-8-23-6-9-24(10-7-23)16-5-3-4-15(12-16)18(19,20)21;1-3-4-2/h3-5,12H,6-11H2,1-2H3,(H,22,26);3-4H,1-2H3/b;4-3-. The molecule has 1 saturated heterocycles. The van der Waals surface area contributed by atoms with E-state index in [0.717, 1.165) is 37.1 Å². The van der Waals surface area contributed by atoms with E-state index in [4.69, 9.17) is 0 Å². The van der Waals surface area contributed by atoms with Gasteiger partial charge >= 0.3 is 11.9 Å². The molecule has 8 heteroatoms. The molecule has 1 fully saturated rings. The topological polar surface area (TPSA) is 44.3 Å². The number of aromatic nitrogens is 2. The van der Waals surface area contributed by atoms with Crippen molar-refractivity contribution in [1.29, 1.82) is 0 Å². The number of H-pyrrole nitrogens is 1. The van der Waals surface area contributed by atoms with Crippen molar-refractivity contribution in [3.8, 4) is 0 Å². The number of hydrogen-bond donors (Lipinski definition) is 1. The monoisotopic (exact) mass is 424 g/mol. The second-order valence-corrected chi connectivity index (χ2v) is 7.34. The Hall–Kier alpha value is -2.48. The van der Waals surface area contributed by atoms with Crippen LogP contribution in [0.2, 0.25) is 0 Å². The number of halogens is 3. The molecule has 0 radical (unpaired) electrons. The summed E-state index contributed by atoms with van der Waals surface area (Å²) in [6.07, 6.45) is -0.322. The number of allylic oxidation sites excluding steroid dienone is 2. The van der Waals surface area contributed by atoms with Crippen molar-refractivity contribution in [2.75, 3.05) is 37.6 Å². The number of aryl methyl sites for hydroxylation is 1. The predicted molar refractivity (Wildman–Crippen MR) is 115 cm³/mol. The minimum Gasteiger partial charge on any atom is -0.369 e. The van der Waals surface area contributed by atoms with Gasteiger partial charge in [-0.1, -0.05) is 18.2 Å². The lowest BCUT2D eigenvalue weighted by Crippen LogP contribution is -2.47. The summed E-state index contributed by atoms with van der Waals surface area (Å²) in [7, 11) is 0. The first kappa shape index (κ1) is 23.8. The van der Waals surface area contributed by atoms with Crippen molar-refractivity contribution < 1.29 is 13.2 Å². The van der Waals surface area contributed by atoms with Crippen LogP contribution in [-0.2, 0) is 12.7 Å². The zero-order valence-electron chi connectivity index (χ0n) is 18.1. The third-order valence-electron chi connectivity index (χ3n) is 5.37. The van der Waals surface area contributed by atoms with Crippen LogP contribution < -0.4 is 10.6 Å². The lowest BCUT2D eigenvalue weighted by molar-refractivity contribution is -0.137. The van der Waals surface area contributed by atoms with Crippen LogP contribution in [0, 0.1) is 13.8 Å². The van der Waals surface area contributed by atoms with E-state index in [-0.39, 0.29) is 5.69 Å². The Labute approximate surface area is 175 Å². The van der Waals surface area contributed by atoms with Gasteiger partial charge in [0.1, 0.15) is 0 Å². The Morgan fingerprint density at radius 3 is 2.17 bits per heavy atom. The minimum atomic E-state index is -4.32. The van der Waals surface area contributed by atoms with Gasteiger partial charge in [-0.2, -0.15) is 13.2 Å². The molecule has 0 unspecified atom stereocenters. The first-order chi connectivity index (χ1) is 14.2. The van der Waals surface area contributed by atoms with Gasteiger partial charge in [-0.3, -0.25) is 9.47 Å². The molecule has 0 amide bonds. The van der Waals surface area contributed by atoms with E-state index in [1.807, 2.05) is 44.7 Å². The highest BCUT2D eigenvalue weighted by Gasteiger charge is 2.31. The fourth-order valence-electron chi connectivity index (χ4n) is 3.29. The van der Waals surface area contributed by atoms with Gasteiger partial charge in [-0.25, -0.2) is 4.79 Å². The molecule has 1 aromatic carbocycles. The highest BCUT2D eigenvalue weighted by molar-refractivity contribution is 5.49. The van der Waals surface area contributed by atoms with Crippen molar-refractivity contribution in [2.24, 2.45) is 0 Å². The van der Waals surface area contributed by atoms with E-state index < -0.39 is 11.7 Å². The first-order valence-electron chi connectivity index (χ1n) is 10.1. The number of anilines is 1. The summed E-state index contributed by atoms with van der Waals surface area (Å²) >= 11 is 0. The molecule has 1 aliphatic heterocycles. The molecule has 5 nitrogen and oxygen atoms in total. The fourth-order valence-corrected chi connectivity index (χ4v) is 3.29. The lowest BCUT2D eigenvalue weighted by atomic mass is 10.1. The summed E-state index contributed by atoms with van der Waals surface area (Å²) in [4.78, 5) is 18.9. The van der Waals surface area contributed by atoms with Gasteiger partial charge in [0.2, 0.25) is 0 Å². The molecule has 1 aliphatic rings. The molecule has 2 heterocycles. The van der Waals surface area contributed by atoms with Crippen LogP contribution in [0.15, 0.2) is 41.2 Å². The van der Waals surface area contributed by atoms with Crippen LogP contribution >= 0.6 is 0 Å². The van der Waals surface area contributed by atoms with Crippen molar-refractivity contribution in [1.82, 2.24) is 14.5 Å². The largest absolute Gasteiger partial charge is 0.416 e. The third-order valence-corrected chi connectivity index (χ3v) is 5.37. The van der Waals surface area contributed by atoms with E-state index in [1.54, 1.807) is 10.6 Å². The first-order valence-corrected chi connectivity index (χ1v) is 10.1. The van der Waals surface area contributed by atoms with Crippen LogP contribution in [0.4, 0.5) is 18.9 Å². The zero-order chi connectivity index (χ0) is 22.3. The van der Waals surface area contributed by atoms with E-state index in [2.05, 4.69) is 9.88 Å². The van der Waals surface area contributed by atoms with Gasteiger partial charge in [-0.15, -0.1) is 0 Å². The molecule has 166 valence electrons. The van der Waals surface area contributed by atoms with Crippen LogP contribution in [0.25, 0.3) is 0 Å². The summed E-state index contributed by atoms with van der Waals surface area (Å²) in [6, 6.07) is 5.48. The van der Waals surface area contributed by atoms with Crippen molar-refractivity contribution in [2.45, 2.75) is 40.4 Å². The van der Waals surface area contributed by atoms with Crippen molar-refractivity contribution in [3.63, 3.8) is 0 Å². The minimum absolute atomic E-state index is 0.0948. The number of piperazine rings is 1. The van der Waals surface area contributed by atoms with Gasteiger partial charge in [0.25, 0.3) is 0 Å². The smallest absolute Gasteiger partial charge is 0.369 e. The molecule has 2 aromatic rings. The maximum absolute atomic E-state index is 12.9. The van der Waals surface area contributed by atoms with Crippen LogP contribution in [0.3, 0.4) is 0 Å². The number of rotatable bonds is 4. The number of imidazole rings is 1. The van der Waals surface area contributed by atoms with Gasteiger partial charge in [0.05, 0.1) is 5.56 Å². The predicted octanol–water partition coefficient (Wildman–Crippen LogP) is 4.22. The lowest BCUT2D eigenvalue weighted by Gasteiger charge is -2.36. The van der Waals surface area contributed by atoms with Crippen molar-refractivity contribution in [3.05, 3.63) is 63.9 Å². The van der Waals surface area contributed by atoms with Gasteiger partial charge in [0.15, 0.2) is 0 Å². The molecule has 0 aliphatic carbocycles. The summed E-state index contributed by atoms with van der Waals surface area (Å²) in [6.45, 7) is 12.0. The molecule has 1 aromatic heterocycles. The van der Waals surface area contributed by atoms with Gasteiger partial charge in [0, 0.05) is 56.3 Å². The molecule has 0 bridgehead atoms. The summed E-state index contributed by atoms with van der Waals surface area (Å²) in [5, 5.41) is 0. The number of nitrogens with zero attached hydrogens (tertiary/aromatic N) is 3. The number of benzene rings is 1. The second kappa shape index (κ2) is 10.5. The molecular weight excluding hydrogens is 393 g/mol. The average molecular weight is 425 g/mol.